The molecule has 0 aliphatic carbocycles. The molecule has 0 fully saturated rings. The highest BCUT2D eigenvalue weighted by molar-refractivity contribution is 6.52. The molecule has 0 saturated heterocycles. The summed E-state index contributed by atoms with van der Waals surface area (Å²) >= 11 is 0. The van der Waals surface area contributed by atoms with E-state index in [1.54, 1.807) is 0 Å². The predicted molar refractivity (Wildman–Crippen MR) is 76.3 cm³/mol. The van der Waals surface area contributed by atoms with Crippen LogP contribution in [0.4, 0.5) is 32.0 Å². The van der Waals surface area contributed by atoms with Gasteiger partial charge in [-0.3, -0.25) is 4.79 Å². The number of benzene rings is 2. The number of alkyl halides is 6. The fraction of sp³-hybridized carbons (Fsp3) is 0.125. The summed E-state index contributed by atoms with van der Waals surface area (Å²) in [6.07, 6.45) is -9.70. The summed E-state index contributed by atoms with van der Waals surface area (Å²) in [7, 11) is 0. The number of rotatable bonds is 2. The number of hydrogen-bond acceptors (Lipinski definition) is 3. The van der Waals surface area contributed by atoms with Gasteiger partial charge < -0.3 is 9.94 Å². The van der Waals surface area contributed by atoms with Crippen molar-refractivity contribution in [2.24, 2.45) is 0 Å². The molecule has 0 saturated carbocycles. The van der Waals surface area contributed by atoms with Crippen molar-refractivity contribution in [3.8, 4) is 5.75 Å². The number of fused-ring (bicyclic) bond motifs is 1. The maximum atomic E-state index is 12.8. The summed E-state index contributed by atoms with van der Waals surface area (Å²) in [5, 5.41) is 12.3. The fourth-order valence-corrected chi connectivity index (χ4v) is 2.50. The van der Waals surface area contributed by atoms with Gasteiger partial charge >= 0.3 is 12.5 Å². The third kappa shape index (κ3) is 3.22. The topological polar surface area (TPSA) is 52.4 Å². The molecule has 0 atom stereocenters. The summed E-state index contributed by atoms with van der Waals surface area (Å²) in [5.41, 5.74) is -2.73. The number of halogens is 6. The Morgan fingerprint density at radius 1 is 0.962 bits per heavy atom. The first kappa shape index (κ1) is 17.8. The number of ketones is 1. The van der Waals surface area contributed by atoms with Gasteiger partial charge in [0, 0.05) is 6.07 Å². The molecule has 10 heteroatoms. The van der Waals surface area contributed by atoms with E-state index in [0.717, 1.165) is 24.3 Å². The van der Waals surface area contributed by atoms with E-state index in [9.17, 15) is 36.3 Å². The molecule has 3 rings (SSSR count). The van der Waals surface area contributed by atoms with Crippen LogP contribution in [-0.2, 0) is 6.18 Å². The van der Waals surface area contributed by atoms with Crippen LogP contribution in [-0.4, -0.2) is 22.6 Å². The molecule has 0 unspecified atom stereocenters. The highest BCUT2D eigenvalue weighted by Gasteiger charge is 2.40. The minimum absolute atomic E-state index is 0.0282. The second-order valence-electron chi connectivity index (χ2n) is 5.28. The molecule has 1 aliphatic heterocycles. The summed E-state index contributed by atoms with van der Waals surface area (Å²) in [6.45, 7) is 0. The molecule has 0 aromatic heterocycles. The lowest BCUT2D eigenvalue weighted by molar-refractivity contribution is -0.355. The molecule has 4 nitrogen and oxygen atoms in total. The van der Waals surface area contributed by atoms with Gasteiger partial charge in [-0.1, -0.05) is 6.07 Å². The van der Waals surface area contributed by atoms with Gasteiger partial charge in [-0.15, -0.1) is 13.2 Å². The number of carbonyl (C=O) groups excluding carboxylic acids is 1. The largest absolute Gasteiger partial charge is 0.618 e. The van der Waals surface area contributed by atoms with Crippen LogP contribution in [0.1, 0.15) is 21.5 Å². The van der Waals surface area contributed by atoms with E-state index in [1.807, 2.05) is 0 Å². The first-order chi connectivity index (χ1) is 12.0. The molecule has 0 bridgehead atoms. The Morgan fingerprint density at radius 3 is 2.27 bits per heavy atom. The van der Waals surface area contributed by atoms with Crippen molar-refractivity contribution >= 4 is 17.2 Å². The maximum Gasteiger partial charge on any atom is 0.573 e. The summed E-state index contributed by atoms with van der Waals surface area (Å²) in [6, 6.07) is 6.09. The monoisotopic (exact) mass is 375 g/mol. The first-order valence-corrected chi connectivity index (χ1v) is 6.94. The summed E-state index contributed by atoms with van der Waals surface area (Å²) < 4.78 is 78.9. The Bertz CT molecular complexity index is 930. The third-order valence-corrected chi connectivity index (χ3v) is 3.55. The average molecular weight is 375 g/mol. The minimum atomic E-state index is -4.98. The highest BCUT2D eigenvalue weighted by Crippen LogP contribution is 2.36. The SMILES string of the molecule is O=C1C(c2cccc(OC(F)(F)F)c2)=[N+]([O-])c2cc(C(F)(F)F)ccc21. The fourth-order valence-electron chi connectivity index (χ4n) is 2.50. The van der Waals surface area contributed by atoms with Gasteiger partial charge in [0.1, 0.15) is 11.3 Å². The molecule has 0 amide bonds. The number of ether oxygens (including phenoxy) is 1. The van der Waals surface area contributed by atoms with Gasteiger partial charge in [0.25, 0.3) is 11.5 Å². The highest BCUT2D eigenvalue weighted by atomic mass is 19.4. The van der Waals surface area contributed by atoms with E-state index in [2.05, 4.69) is 4.74 Å². The zero-order valence-corrected chi connectivity index (χ0v) is 12.5. The molecular formula is C16H7F6NO3. The van der Waals surface area contributed by atoms with Crippen molar-refractivity contribution in [3.05, 3.63) is 64.4 Å². The van der Waals surface area contributed by atoms with Crippen LogP contribution < -0.4 is 4.74 Å². The van der Waals surface area contributed by atoms with E-state index >= 15 is 0 Å². The van der Waals surface area contributed by atoms with Crippen LogP contribution in [0, 0.1) is 5.21 Å². The van der Waals surface area contributed by atoms with Crippen molar-refractivity contribution in [1.29, 1.82) is 0 Å². The van der Waals surface area contributed by atoms with Gasteiger partial charge in [-0.25, -0.2) is 0 Å². The van der Waals surface area contributed by atoms with Crippen molar-refractivity contribution in [2.75, 3.05) is 0 Å². The quantitative estimate of drug-likeness (QED) is 0.443. The number of hydrogen-bond donors (Lipinski definition) is 0. The summed E-state index contributed by atoms with van der Waals surface area (Å²) in [4.78, 5) is 12.3. The number of Topliss-reactive ketones (excluding diaryl/α,β-unsaturated/α-hetero) is 1. The minimum Gasteiger partial charge on any atom is -0.618 e. The second kappa shape index (κ2) is 5.75. The number of carbonyl (C=O) groups is 1. The van der Waals surface area contributed by atoms with Crippen molar-refractivity contribution in [1.82, 2.24) is 0 Å². The number of nitrogens with zero attached hydrogens (tertiary/aromatic N) is 1. The van der Waals surface area contributed by atoms with Gasteiger partial charge in [-0.05, 0) is 30.3 Å². The Labute approximate surface area is 141 Å². The van der Waals surface area contributed by atoms with Crippen LogP contribution in [0.3, 0.4) is 0 Å². The van der Waals surface area contributed by atoms with Crippen LogP contribution >= 0.6 is 0 Å². The van der Waals surface area contributed by atoms with Crippen LogP contribution in [0.5, 0.6) is 5.75 Å². The Balaban J connectivity index is 2.07. The zero-order valence-electron chi connectivity index (χ0n) is 12.5. The maximum absolute atomic E-state index is 12.8. The standard InChI is InChI=1S/C16H7F6NO3/c17-15(18,19)9-4-5-11-12(7-9)23(25)13(14(11)24)8-2-1-3-10(6-8)26-16(20,21)22/h1-7H. The van der Waals surface area contributed by atoms with Crippen molar-refractivity contribution in [2.45, 2.75) is 12.5 Å². The molecule has 2 aromatic carbocycles. The van der Waals surface area contributed by atoms with Gasteiger partial charge in [0.15, 0.2) is 0 Å². The average Bonchev–Trinajstić information content (AvgIpc) is 2.76. The van der Waals surface area contributed by atoms with E-state index in [-0.39, 0.29) is 15.9 Å². The van der Waals surface area contributed by atoms with Crippen molar-refractivity contribution in [3.63, 3.8) is 0 Å². The lowest BCUT2D eigenvalue weighted by Crippen LogP contribution is -2.19. The lowest BCUT2D eigenvalue weighted by atomic mass is 10.0. The molecule has 26 heavy (non-hydrogen) atoms. The summed E-state index contributed by atoms with van der Waals surface area (Å²) in [5.74, 6) is -1.57. The van der Waals surface area contributed by atoms with Crippen LogP contribution in [0.25, 0.3) is 0 Å². The molecule has 136 valence electrons. The Morgan fingerprint density at radius 2 is 1.65 bits per heavy atom. The smallest absolute Gasteiger partial charge is 0.573 e. The molecule has 0 N–H and O–H groups in total. The Kier molecular flexibility index (Phi) is 3.93. The third-order valence-electron chi connectivity index (χ3n) is 3.55. The molecule has 0 radical (unpaired) electrons. The van der Waals surface area contributed by atoms with Crippen LogP contribution in [0.15, 0.2) is 42.5 Å². The van der Waals surface area contributed by atoms with Gasteiger partial charge in [0.05, 0.1) is 11.1 Å². The van der Waals surface area contributed by atoms with Crippen molar-refractivity contribution < 1.29 is 40.6 Å². The first-order valence-electron chi connectivity index (χ1n) is 6.94. The molecule has 1 heterocycles. The molecule has 1 aliphatic rings. The van der Waals surface area contributed by atoms with Gasteiger partial charge in [0.2, 0.25) is 5.69 Å². The molecule has 0 spiro atoms. The van der Waals surface area contributed by atoms with Crippen LogP contribution in [0.2, 0.25) is 0 Å². The predicted octanol–water partition coefficient (Wildman–Crippen LogP) is 4.43. The Hall–Kier alpha value is -3.04. The van der Waals surface area contributed by atoms with E-state index < -0.39 is 41.0 Å². The van der Waals surface area contributed by atoms with Gasteiger partial charge in [-0.2, -0.15) is 17.9 Å². The lowest BCUT2D eigenvalue weighted by Gasteiger charge is -2.09. The van der Waals surface area contributed by atoms with E-state index in [0.29, 0.717) is 12.1 Å². The molecule has 2 aromatic rings. The van der Waals surface area contributed by atoms with E-state index in [1.165, 1.54) is 6.07 Å². The zero-order chi connectivity index (χ0) is 19.3. The molecular weight excluding hydrogens is 368 g/mol. The second-order valence-corrected chi connectivity index (χ2v) is 5.28. The van der Waals surface area contributed by atoms with E-state index in [4.69, 9.17) is 0 Å². The normalized spacial score (nSPS) is 14.6.